The smallest absolute Gasteiger partial charge is 0.239 e. The summed E-state index contributed by atoms with van der Waals surface area (Å²) in [5.74, 6) is 0.0533. The summed E-state index contributed by atoms with van der Waals surface area (Å²) >= 11 is 0. The molecule has 17 heavy (non-hydrogen) atoms. The summed E-state index contributed by atoms with van der Waals surface area (Å²) in [6, 6.07) is 0.673. The fraction of sp³-hybridized carbons (Fsp3) is 0.667. The van der Waals surface area contributed by atoms with Crippen LogP contribution in [0, 0.1) is 0 Å². The van der Waals surface area contributed by atoms with Crippen molar-refractivity contribution in [2.45, 2.75) is 45.3 Å². The van der Waals surface area contributed by atoms with Crippen molar-refractivity contribution in [3.05, 3.63) is 18.2 Å². The highest BCUT2D eigenvalue weighted by molar-refractivity contribution is 5.75. The van der Waals surface area contributed by atoms with E-state index in [1.165, 1.54) is 12.8 Å². The summed E-state index contributed by atoms with van der Waals surface area (Å²) in [7, 11) is 0. The molecule has 1 saturated carbocycles. The zero-order valence-electron chi connectivity index (χ0n) is 10.3. The van der Waals surface area contributed by atoms with Crippen LogP contribution in [0.2, 0.25) is 0 Å². The first kappa shape index (κ1) is 12.1. The number of rotatable bonds is 7. The van der Waals surface area contributed by atoms with Gasteiger partial charge < -0.3 is 15.2 Å². The molecule has 0 unspecified atom stereocenters. The van der Waals surface area contributed by atoms with E-state index in [0.29, 0.717) is 12.6 Å². The Morgan fingerprint density at radius 1 is 1.59 bits per heavy atom. The van der Waals surface area contributed by atoms with Crippen LogP contribution in [0.25, 0.3) is 0 Å². The summed E-state index contributed by atoms with van der Waals surface area (Å²) in [6.07, 6.45) is 7.04. The number of aromatic nitrogens is 2. The Kier molecular flexibility index (Phi) is 4.14. The number of carbonyl (C=O) groups is 1. The molecule has 1 fully saturated rings. The molecule has 0 saturated heterocycles. The van der Waals surface area contributed by atoms with Gasteiger partial charge in [-0.05, 0) is 19.3 Å². The fourth-order valence-corrected chi connectivity index (χ4v) is 1.65. The molecule has 5 heteroatoms. The van der Waals surface area contributed by atoms with Crippen LogP contribution in [0.4, 0.5) is 0 Å². The zero-order valence-corrected chi connectivity index (χ0v) is 10.3. The maximum atomic E-state index is 11.6. The molecular formula is C12H20N4O. The van der Waals surface area contributed by atoms with E-state index in [2.05, 4.69) is 15.6 Å². The molecule has 94 valence electrons. The van der Waals surface area contributed by atoms with Crippen LogP contribution in [0.1, 0.15) is 31.9 Å². The highest BCUT2D eigenvalue weighted by Crippen LogP contribution is 2.19. The minimum atomic E-state index is 0.0533. The molecular weight excluding hydrogens is 216 g/mol. The molecule has 1 amide bonds. The molecule has 0 aliphatic heterocycles. The number of hydrogen-bond acceptors (Lipinski definition) is 3. The van der Waals surface area contributed by atoms with Crippen molar-refractivity contribution >= 4 is 5.91 Å². The molecule has 1 aromatic heterocycles. The van der Waals surface area contributed by atoms with Crippen molar-refractivity contribution in [3.63, 3.8) is 0 Å². The van der Waals surface area contributed by atoms with Crippen molar-refractivity contribution in [1.29, 1.82) is 0 Å². The van der Waals surface area contributed by atoms with Crippen molar-refractivity contribution in [2.24, 2.45) is 0 Å². The normalized spacial score (nSPS) is 14.9. The summed E-state index contributed by atoms with van der Waals surface area (Å²) < 4.78 is 1.90. The van der Waals surface area contributed by atoms with Gasteiger partial charge in [0.05, 0.1) is 12.0 Å². The monoisotopic (exact) mass is 236 g/mol. The minimum Gasteiger partial charge on any atom is -0.355 e. The highest BCUT2D eigenvalue weighted by atomic mass is 16.1. The molecule has 1 aliphatic carbocycles. The van der Waals surface area contributed by atoms with Crippen molar-refractivity contribution in [2.75, 3.05) is 6.54 Å². The molecule has 0 bridgehead atoms. The second-order valence-electron chi connectivity index (χ2n) is 4.52. The maximum Gasteiger partial charge on any atom is 0.239 e. The molecule has 2 N–H and O–H groups in total. The number of nitrogens with zero attached hydrogens (tertiary/aromatic N) is 2. The standard InChI is InChI=1S/C12H20N4O/c1-2-5-14-12(17)8-16-9-13-6-11(16)7-15-10-3-4-10/h6,9-10,15H,2-5,7-8H2,1H3,(H,14,17). The highest BCUT2D eigenvalue weighted by Gasteiger charge is 2.20. The maximum absolute atomic E-state index is 11.6. The number of carbonyl (C=O) groups excluding carboxylic acids is 1. The van der Waals surface area contributed by atoms with Crippen LogP contribution in [-0.2, 0) is 17.9 Å². The Labute approximate surface area is 102 Å². The Morgan fingerprint density at radius 3 is 3.12 bits per heavy atom. The second kappa shape index (κ2) is 5.82. The molecule has 1 heterocycles. The lowest BCUT2D eigenvalue weighted by molar-refractivity contribution is -0.121. The zero-order chi connectivity index (χ0) is 12.1. The lowest BCUT2D eigenvalue weighted by Gasteiger charge is -2.09. The minimum absolute atomic E-state index is 0.0533. The predicted molar refractivity (Wildman–Crippen MR) is 65.4 cm³/mol. The van der Waals surface area contributed by atoms with Gasteiger partial charge in [-0.15, -0.1) is 0 Å². The van der Waals surface area contributed by atoms with E-state index in [4.69, 9.17) is 0 Å². The summed E-state index contributed by atoms with van der Waals surface area (Å²) in [6.45, 7) is 3.94. The van der Waals surface area contributed by atoms with E-state index < -0.39 is 0 Å². The average Bonchev–Trinajstić information content (AvgIpc) is 3.05. The number of hydrogen-bond donors (Lipinski definition) is 2. The van der Waals surface area contributed by atoms with Gasteiger partial charge in [0, 0.05) is 25.3 Å². The van der Waals surface area contributed by atoms with Crippen LogP contribution < -0.4 is 10.6 Å². The van der Waals surface area contributed by atoms with Crippen LogP contribution in [0.5, 0.6) is 0 Å². The lowest BCUT2D eigenvalue weighted by atomic mass is 10.4. The van der Waals surface area contributed by atoms with Gasteiger partial charge in [-0.2, -0.15) is 0 Å². The third-order valence-electron chi connectivity index (χ3n) is 2.83. The van der Waals surface area contributed by atoms with E-state index in [1.807, 2.05) is 17.7 Å². The predicted octanol–water partition coefficient (Wildman–Crippen LogP) is 0.661. The number of imidazole rings is 1. The van der Waals surface area contributed by atoms with Gasteiger partial charge in [0.1, 0.15) is 6.54 Å². The third-order valence-corrected chi connectivity index (χ3v) is 2.83. The first-order valence-electron chi connectivity index (χ1n) is 6.28. The van der Waals surface area contributed by atoms with Crippen molar-refractivity contribution < 1.29 is 4.79 Å². The Morgan fingerprint density at radius 2 is 2.41 bits per heavy atom. The largest absolute Gasteiger partial charge is 0.355 e. The molecule has 0 atom stereocenters. The lowest BCUT2D eigenvalue weighted by Crippen LogP contribution is -2.29. The summed E-state index contributed by atoms with van der Waals surface area (Å²) in [5, 5.41) is 6.29. The molecule has 1 aromatic rings. The third kappa shape index (κ3) is 3.85. The molecule has 0 spiro atoms. The fourth-order valence-electron chi connectivity index (χ4n) is 1.65. The molecule has 0 radical (unpaired) electrons. The SMILES string of the molecule is CCCNC(=O)Cn1cncc1CNC1CC1. The number of amides is 1. The van der Waals surface area contributed by atoms with Gasteiger partial charge in [0.15, 0.2) is 0 Å². The van der Waals surface area contributed by atoms with Crippen LogP contribution >= 0.6 is 0 Å². The van der Waals surface area contributed by atoms with Gasteiger partial charge in [-0.25, -0.2) is 4.98 Å². The van der Waals surface area contributed by atoms with Crippen LogP contribution in [0.3, 0.4) is 0 Å². The Balaban J connectivity index is 1.81. The molecule has 0 aromatic carbocycles. The quantitative estimate of drug-likeness (QED) is 0.731. The van der Waals surface area contributed by atoms with Crippen LogP contribution in [0.15, 0.2) is 12.5 Å². The van der Waals surface area contributed by atoms with Crippen LogP contribution in [-0.4, -0.2) is 28.0 Å². The first-order chi connectivity index (χ1) is 8.29. The summed E-state index contributed by atoms with van der Waals surface area (Å²) in [4.78, 5) is 15.7. The van der Waals surface area contributed by atoms with Gasteiger partial charge in [0.25, 0.3) is 0 Å². The van der Waals surface area contributed by atoms with Crippen molar-refractivity contribution in [1.82, 2.24) is 20.2 Å². The molecule has 1 aliphatic rings. The van der Waals surface area contributed by atoms with E-state index in [9.17, 15) is 4.79 Å². The Hall–Kier alpha value is -1.36. The van der Waals surface area contributed by atoms with Gasteiger partial charge in [-0.3, -0.25) is 4.79 Å². The van der Waals surface area contributed by atoms with Gasteiger partial charge in [0.2, 0.25) is 5.91 Å². The number of nitrogens with one attached hydrogen (secondary N) is 2. The van der Waals surface area contributed by atoms with Gasteiger partial charge in [-0.1, -0.05) is 6.92 Å². The van der Waals surface area contributed by atoms with E-state index in [1.54, 1.807) is 6.33 Å². The topological polar surface area (TPSA) is 59.0 Å². The van der Waals surface area contributed by atoms with Crippen molar-refractivity contribution in [3.8, 4) is 0 Å². The molecule has 5 nitrogen and oxygen atoms in total. The van der Waals surface area contributed by atoms with E-state index >= 15 is 0 Å². The van der Waals surface area contributed by atoms with E-state index in [-0.39, 0.29) is 5.91 Å². The summed E-state index contributed by atoms with van der Waals surface area (Å²) in [5.41, 5.74) is 1.07. The average molecular weight is 236 g/mol. The Bertz CT molecular complexity index is 370. The van der Waals surface area contributed by atoms with E-state index in [0.717, 1.165) is 25.2 Å². The first-order valence-corrected chi connectivity index (χ1v) is 6.28. The van der Waals surface area contributed by atoms with Gasteiger partial charge >= 0.3 is 0 Å². The molecule has 2 rings (SSSR count). The second-order valence-corrected chi connectivity index (χ2v) is 4.52.